The molecule has 0 radical (unpaired) electrons. The lowest BCUT2D eigenvalue weighted by Gasteiger charge is -2.17. The van der Waals surface area contributed by atoms with Crippen molar-refractivity contribution in [1.29, 1.82) is 0 Å². The molecule has 4 heteroatoms. The van der Waals surface area contributed by atoms with Gasteiger partial charge in [-0.1, -0.05) is 24.3 Å². The second-order valence-corrected chi connectivity index (χ2v) is 4.59. The zero-order chi connectivity index (χ0) is 12.8. The molecule has 1 atom stereocenters. The maximum absolute atomic E-state index is 10.5. The molecule has 0 fully saturated rings. The lowest BCUT2D eigenvalue weighted by Crippen LogP contribution is -2.30. The minimum Gasteiger partial charge on any atom is -0.310 e. The van der Waals surface area contributed by atoms with Crippen molar-refractivity contribution in [3.8, 4) is 0 Å². The summed E-state index contributed by atoms with van der Waals surface area (Å²) in [6.45, 7) is 0.910. The van der Waals surface area contributed by atoms with Crippen LogP contribution in [0.3, 0.4) is 0 Å². The van der Waals surface area contributed by atoms with Crippen LogP contribution in [0.4, 0.5) is 5.69 Å². The van der Waals surface area contributed by atoms with Crippen molar-refractivity contribution in [2.24, 2.45) is 0 Å². The Morgan fingerprint density at radius 3 is 2.72 bits per heavy atom. The molecule has 4 nitrogen and oxygen atoms in total. The molecule has 1 aromatic rings. The first-order chi connectivity index (χ1) is 8.75. The van der Waals surface area contributed by atoms with Gasteiger partial charge in [0.25, 0.3) is 5.69 Å². The van der Waals surface area contributed by atoms with Crippen LogP contribution in [0.1, 0.15) is 24.8 Å². The molecule has 18 heavy (non-hydrogen) atoms. The summed E-state index contributed by atoms with van der Waals surface area (Å²) >= 11 is 0. The summed E-state index contributed by atoms with van der Waals surface area (Å²) < 4.78 is 0. The van der Waals surface area contributed by atoms with E-state index >= 15 is 0 Å². The maximum atomic E-state index is 10.5. The van der Waals surface area contributed by atoms with Gasteiger partial charge in [-0.25, -0.2) is 0 Å². The van der Waals surface area contributed by atoms with Crippen molar-refractivity contribution in [3.05, 3.63) is 52.1 Å². The van der Waals surface area contributed by atoms with Crippen molar-refractivity contribution in [3.63, 3.8) is 0 Å². The summed E-state index contributed by atoms with van der Waals surface area (Å²) in [5.74, 6) is 0. The van der Waals surface area contributed by atoms with Crippen LogP contribution in [-0.2, 0) is 6.42 Å². The highest BCUT2D eigenvalue weighted by Crippen LogP contribution is 2.13. The third-order valence-electron chi connectivity index (χ3n) is 3.22. The Hall–Kier alpha value is -1.68. The van der Waals surface area contributed by atoms with E-state index < -0.39 is 0 Å². The summed E-state index contributed by atoms with van der Waals surface area (Å²) in [5.41, 5.74) is 1.29. The highest BCUT2D eigenvalue weighted by atomic mass is 16.6. The smallest absolute Gasteiger partial charge is 0.269 e. The fourth-order valence-electron chi connectivity index (χ4n) is 2.17. The molecule has 96 valence electrons. The summed E-state index contributed by atoms with van der Waals surface area (Å²) in [6.07, 6.45) is 9.03. The van der Waals surface area contributed by atoms with Gasteiger partial charge >= 0.3 is 0 Å². The second kappa shape index (κ2) is 6.31. The molecule has 1 aliphatic rings. The first-order valence-electron chi connectivity index (χ1n) is 6.39. The molecule has 0 saturated carbocycles. The lowest BCUT2D eigenvalue weighted by atomic mass is 10.0. The van der Waals surface area contributed by atoms with Gasteiger partial charge in [0.15, 0.2) is 0 Å². The molecule has 0 amide bonds. The largest absolute Gasteiger partial charge is 0.310 e. The Labute approximate surface area is 107 Å². The summed E-state index contributed by atoms with van der Waals surface area (Å²) in [7, 11) is 0. The van der Waals surface area contributed by atoms with Crippen LogP contribution in [0.25, 0.3) is 0 Å². The second-order valence-electron chi connectivity index (χ2n) is 4.59. The van der Waals surface area contributed by atoms with Gasteiger partial charge in [-0.05, 0) is 37.8 Å². The van der Waals surface area contributed by atoms with Crippen molar-refractivity contribution >= 4 is 5.69 Å². The molecule has 0 spiro atoms. The summed E-state index contributed by atoms with van der Waals surface area (Å²) in [4.78, 5) is 10.2. The minimum atomic E-state index is -0.366. The van der Waals surface area contributed by atoms with Gasteiger partial charge in [0, 0.05) is 18.2 Å². The number of non-ortho nitro benzene ring substituents is 1. The SMILES string of the molecule is O=[N+]([O-])c1ccc(CCNC2C=CCCC2)cc1. The van der Waals surface area contributed by atoms with E-state index in [-0.39, 0.29) is 10.6 Å². The highest BCUT2D eigenvalue weighted by Gasteiger charge is 2.07. The number of nitro benzene ring substituents is 1. The Balaban J connectivity index is 1.77. The number of allylic oxidation sites excluding steroid dienone is 1. The third-order valence-corrected chi connectivity index (χ3v) is 3.22. The van der Waals surface area contributed by atoms with Crippen LogP contribution in [0.15, 0.2) is 36.4 Å². The summed E-state index contributed by atoms with van der Waals surface area (Å²) in [6, 6.07) is 7.29. The van der Waals surface area contributed by atoms with Gasteiger partial charge in [0.05, 0.1) is 4.92 Å². The highest BCUT2D eigenvalue weighted by molar-refractivity contribution is 5.32. The number of hydrogen-bond acceptors (Lipinski definition) is 3. The van der Waals surface area contributed by atoms with Crippen LogP contribution in [0.5, 0.6) is 0 Å². The molecule has 0 bridgehead atoms. The van der Waals surface area contributed by atoms with E-state index in [1.807, 2.05) is 12.1 Å². The maximum Gasteiger partial charge on any atom is 0.269 e. The topological polar surface area (TPSA) is 55.2 Å². The average Bonchev–Trinajstić information content (AvgIpc) is 2.40. The molecule has 1 aromatic carbocycles. The van der Waals surface area contributed by atoms with E-state index in [0.717, 1.165) is 18.5 Å². The fourth-order valence-corrected chi connectivity index (χ4v) is 2.17. The number of benzene rings is 1. The molecule has 0 aliphatic heterocycles. The lowest BCUT2D eigenvalue weighted by molar-refractivity contribution is -0.384. The fraction of sp³-hybridized carbons (Fsp3) is 0.429. The molecule has 0 heterocycles. The van der Waals surface area contributed by atoms with Gasteiger partial charge in [-0.15, -0.1) is 0 Å². The molecule has 0 saturated heterocycles. The van der Waals surface area contributed by atoms with Crippen LogP contribution < -0.4 is 5.32 Å². The Kier molecular flexibility index (Phi) is 4.47. The minimum absolute atomic E-state index is 0.155. The predicted molar refractivity (Wildman–Crippen MR) is 71.6 cm³/mol. The van der Waals surface area contributed by atoms with E-state index in [1.165, 1.54) is 19.3 Å². The third kappa shape index (κ3) is 3.67. The number of hydrogen-bond donors (Lipinski definition) is 1. The first kappa shape index (κ1) is 12.8. The Bertz CT molecular complexity index is 426. The van der Waals surface area contributed by atoms with Gasteiger partial charge in [0.2, 0.25) is 0 Å². The Morgan fingerprint density at radius 2 is 2.11 bits per heavy atom. The molecular formula is C14H18N2O2. The number of nitrogens with zero attached hydrogens (tertiary/aromatic N) is 1. The standard InChI is InChI=1S/C14H18N2O2/c17-16(18)14-8-6-12(7-9-14)10-11-15-13-4-2-1-3-5-13/h2,4,6-9,13,15H,1,3,5,10-11H2. The van der Waals surface area contributed by atoms with Crippen molar-refractivity contribution < 1.29 is 4.92 Å². The molecule has 0 aromatic heterocycles. The molecular weight excluding hydrogens is 228 g/mol. The monoisotopic (exact) mass is 246 g/mol. The van der Waals surface area contributed by atoms with Crippen LogP contribution in [-0.4, -0.2) is 17.5 Å². The summed E-state index contributed by atoms with van der Waals surface area (Å²) in [5, 5.41) is 14.0. The molecule has 1 unspecified atom stereocenters. The average molecular weight is 246 g/mol. The van der Waals surface area contributed by atoms with Crippen molar-refractivity contribution in [2.45, 2.75) is 31.7 Å². The van der Waals surface area contributed by atoms with Crippen LogP contribution in [0, 0.1) is 10.1 Å². The van der Waals surface area contributed by atoms with E-state index in [2.05, 4.69) is 17.5 Å². The van der Waals surface area contributed by atoms with E-state index in [4.69, 9.17) is 0 Å². The quantitative estimate of drug-likeness (QED) is 0.494. The molecule has 1 aliphatic carbocycles. The molecule has 1 N–H and O–H groups in total. The Morgan fingerprint density at radius 1 is 1.33 bits per heavy atom. The predicted octanol–water partition coefficient (Wildman–Crippen LogP) is 2.84. The van der Waals surface area contributed by atoms with E-state index in [1.54, 1.807) is 12.1 Å². The van der Waals surface area contributed by atoms with Gasteiger partial charge in [0.1, 0.15) is 0 Å². The zero-order valence-electron chi connectivity index (χ0n) is 10.3. The number of nitro groups is 1. The number of rotatable bonds is 5. The normalized spacial score (nSPS) is 18.8. The molecule has 2 rings (SSSR count). The van der Waals surface area contributed by atoms with Gasteiger partial charge < -0.3 is 5.32 Å². The number of nitrogens with one attached hydrogen (secondary N) is 1. The van der Waals surface area contributed by atoms with E-state index in [9.17, 15) is 10.1 Å². The van der Waals surface area contributed by atoms with E-state index in [0.29, 0.717) is 6.04 Å². The van der Waals surface area contributed by atoms with Crippen molar-refractivity contribution in [1.82, 2.24) is 5.32 Å². The van der Waals surface area contributed by atoms with Crippen LogP contribution >= 0.6 is 0 Å². The zero-order valence-corrected chi connectivity index (χ0v) is 10.3. The van der Waals surface area contributed by atoms with Crippen LogP contribution in [0.2, 0.25) is 0 Å². The first-order valence-corrected chi connectivity index (χ1v) is 6.39. The van der Waals surface area contributed by atoms with Crippen molar-refractivity contribution in [2.75, 3.05) is 6.54 Å². The van der Waals surface area contributed by atoms with Gasteiger partial charge in [-0.3, -0.25) is 10.1 Å². The van der Waals surface area contributed by atoms with Gasteiger partial charge in [-0.2, -0.15) is 0 Å².